The Kier molecular flexibility index (Phi) is 7.10. The molecule has 2 aliphatic rings. The Morgan fingerprint density at radius 3 is 2.56 bits per heavy atom. The van der Waals surface area contributed by atoms with Crippen LogP contribution in [-0.4, -0.2) is 29.9 Å². The minimum Gasteiger partial charge on any atom is -0.350 e. The van der Waals surface area contributed by atoms with E-state index in [1.165, 1.54) is 42.5 Å². The summed E-state index contributed by atoms with van der Waals surface area (Å²) in [5, 5.41) is 3.14. The summed E-state index contributed by atoms with van der Waals surface area (Å²) < 4.78 is 13.0. The average molecular weight is 435 g/mol. The quantitative estimate of drug-likeness (QED) is 0.592. The van der Waals surface area contributed by atoms with Gasteiger partial charge in [0.05, 0.1) is 0 Å². The molecule has 0 aromatic heterocycles. The van der Waals surface area contributed by atoms with Crippen LogP contribution in [0.4, 0.5) is 4.39 Å². The lowest BCUT2D eigenvalue weighted by Gasteiger charge is -2.40. The molecule has 1 N–H and O–H groups in total. The highest BCUT2D eigenvalue weighted by Crippen LogP contribution is 2.34. The molecule has 0 atom stereocenters. The lowest BCUT2D eigenvalue weighted by molar-refractivity contribution is -0.117. The summed E-state index contributed by atoms with van der Waals surface area (Å²) in [7, 11) is 0. The molecule has 1 amide bonds. The van der Waals surface area contributed by atoms with Crippen LogP contribution in [-0.2, 0) is 16.8 Å². The van der Waals surface area contributed by atoms with Crippen LogP contribution in [0.5, 0.6) is 0 Å². The second-order valence-electron chi connectivity index (χ2n) is 10.2. The molecule has 1 aliphatic carbocycles. The summed E-state index contributed by atoms with van der Waals surface area (Å²) in [5.74, 6) is 0.419. The SMILES string of the molecule is CC1(C)CN(CCC2CCC(NC(=O)/C=C/c3ccc(F)cc3)CC2)Cc2ccccc21. The van der Waals surface area contributed by atoms with Crippen molar-refractivity contribution in [3.05, 3.63) is 77.1 Å². The molecule has 170 valence electrons. The zero-order valence-corrected chi connectivity index (χ0v) is 19.3. The van der Waals surface area contributed by atoms with E-state index in [0.29, 0.717) is 0 Å². The molecular weight excluding hydrogens is 399 g/mol. The molecule has 3 nitrogen and oxygen atoms in total. The van der Waals surface area contributed by atoms with Crippen LogP contribution in [0.1, 0.15) is 62.6 Å². The summed E-state index contributed by atoms with van der Waals surface area (Å²) in [6.45, 7) is 8.05. The third kappa shape index (κ3) is 5.86. The number of carbonyl (C=O) groups excluding carboxylic acids is 1. The van der Waals surface area contributed by atoms with Gasteiger partial charge in [-0.05, 0) is 79.5 Å². The van der Waals surface area contributed by atoms with E-state index in [1.54, 1.807) is 24.3 Å². The second kappa shape index (κ2) is 9.99. The highest BCUT2D eigenvalue weighted by Gasteiger charge is 2.31. The summed E-state index contributed by atoms with van der Waals surface area (Å²) in [6, 6.07) is 15.3. The number of nitrogens with one attached hydrogen (secondary N) is 1. The van der Waals surface area contributed by atoms with Gasteiger partial charge in [-0.15, -0.1) is 0 Å². The molecule has 1 aliphatic heterocycles. The zero-order chi connectivity index (χ0) is 22.6. The fraction of sp³-hybridized carbons (Fsp3) is 0.464. The van der Waals surface area contributed by atoms with Crippen molar-refractivity contribution in [1.82, 2.24) is 10.2 Å². The summed E-state index contributed by atoms with van der Waals surface area (Å²) in [6.07, 6.45) is 8.99. The Labute approximate surface area is 191 Å². The average Bonchev–Trinajstić information content (AvgIpc) is 2.78. The Morgan fingerprint density at radius 1 is 1.09 bits per heavy atom. The molecule has 2 aromatic rings. The third-order valence-electron chi connectivity index (χ3n) is 7.10. The predicted molar refractivity (Wildman–Crippen MR) is 129 cm³/mol. The Hall–Kier alpha value is -2.46. The molecule has 0 unspecified atom stereocenters. The lowest BCUT2D eigenvalue weighted by atomic mass is 9.78. The number of nitrogens with zero attached hydrogens (tertiary/aromatic N) is 1. The maximum Gasteiger partial charge on any atom is 0.244 e. The van der Waals surface area contributed by atoms with E-state index in [2.05, 4.69) is 48.3 Å². The van der Waals surface area contributed by atoms with E-state index in [1.807, 2.05) is 0 Å². The molecular formula is C28H35FN2O. The monoisotopic (exact) mass is 434 g/mol. The Balaban J connectivity index is 1.19. The number of benzene rings is 2. The Morgan fingerprint density at radius 2 is 1.81 bits per heavy atom. The van der Waals surface area contributed by atoms with Gasteiger partial charge in [0.15, 0.2) is 0 Å². The minimum absolute atomic E-state index is 0.0630. The van der Waals surface area contributed by atoms with Gasteiger partial charge in [-0.1, -0.05) is 50.2 Å². The van der Waals surface area contributed by atoms with Gasteiger partial charge >= 0.3 is 0 Å². The topological polar surface area (TPSA) is 32.3 Å². The van der Waals surface area contributed by atoms with Crippen molar-refractivity contribution >= 4 is 12.0 Å². The molecule has 2 aromatic carbocycles. The molecule has 1 fully saturated rings. The van der Waals surface area contributed by atoms with Crippen LogP contribution in [0.3, 0.4) is 0 Å². The fourth-order valence-corrected chi connectivity index (χ4v) is 5.37. The van der Waals surface area contributed by atoms with Crippen molar-refractivity contribution in [2.45, 2.75) is 64.0 Å². The van der Waals surface area contributed by atoms with Gasteiger partial charge in [-0.25, -0.2) is 4.39 Å². The number of carbonyl (C=O) groups is 1. The van der Waals surface area contributed by atoms with Crippen LogP contribution in [0.15, 0.2) is 54.6 Å². The molecule has 1 saturated carbocycles. The zero-order valence-electron chi connectivity index (χ0n) is 19.3. The molecule has 1 heterocycles. The number of halogens is 1. The molecule has 0 bridgehead atoms. The lowest BCUT2D eigenvalue weighted by Crippen LogP contribution is -2.43. The van der Waals surface area contributed by atoms with Crippen molar-refractivity contribution in [3.63, 3.8) is 0 Å². The first-order chi connectivity index (χ1) is 15.4. The smallest absolute Gasteiger partial charge is 0.244 e. The molecule has 4 rings (SSSR count). The van der Waals surface area contributed by atoms with Crippen molar-refractivity contribution in [2.75, 3.05) is 13.1 Å². The number of hydrogen-bond acceptors (Lipinski definition) is 2. The maximum absolute atomic E-state index is 13.0. The molecule has 0 saturated heterocycles. The fourth-order valence-electron chi connectivity index (χ4n) is 5.37. The van der Waals surface area contributed by atoms with Crippen LogP contribution in [0, 0.1) is 11.7 Å². The first-order valence-electron chi connectivity index (χ1n) is 11.9. The van der Waals surface area contributed by atoms with Crippen molar-refractivity contribution < 1.29 is 9.18 Å². The van der Waals surface area contributed by atoms with Gasteiger partial charge in [0.25, 0.3) is 0 Å². The first-order valence-corrected chi connectivity index (χ1v) is 11.9. The van der Waals surface area contributed by atoms with E-state index in [4.69, 9.17) is 0 Å². The van der Waals surface area contributed by atoms with Gasteiger partial charge in [0.2, 0.25) is 5.91 Å². The van der Waals surface area contributed by atoms with Crippen molar-refractivity contribution in [3.8, 4) is 0 Å². The standard InChI is InChI=1S/C28H35FN2O/c1-28(2)20-31(19-23-5-3-4-6-26(23)28)18-17-22-9-14-25(15-10-22)30-27(32)16-11-21-7-12-24(29)13-8-21/h3-8,11-13,16,22,25H,9-10,14-15,17-20H2,1-2H3,(H,30,32)/b16-11+. The summed E-state index contributed by atoms with van der Waals surface area (Å²) in [5.41, 5.74) is 4.01. The van der Waals surface area contributed by atoms with Crippen LogP contribution in [0.2, 0.25) is 0 Å². The van der Waals surface area contributed by atoms with Crippen LogP contribution in [0.25, 0.3) is 6.08 Å². The van der Waals surface area contributed by atoms with Gasteiger partial charge in [0.1, 0.15) is 5.82 Å². The maximum atomic E-state index is 13.0. The van der Waals surface area contributed by atoms with E-state index >= 15 is 0 Å². The highest BCUT2D eigenvalue weighted by molar-refractivity contribution is 5.91. The second-order valence-corrected chi connectivity index (χ2v) is 10.2. The molecule has 32 heavy (non-hydrogen) atoms. The van der Waals surface area contributed by atoms with E-state index in [-0.39, 0.29) is 23.2 Å². The van der Waals surface area contributed by atoms with Gasteiger partial charge < -0.3 is 5.32 Å². The van der Waals surface area contributed by atoms with Gasteiger partial charge in [0, 0.05) is 30.6 Å². The molecule has 4 heteroatoms. The summed E-state index contributed by atoms with van der Waals surface area (Å²) in [4.78, 5) is 14.9. The van der Waals surface area contributed by atoms with Gasteiger partial charge in [-0.2, -0.15) is 0 Å². The third-order valence-corrected chi connectivity index (χ3v) is 7.10. The van der Waals surface area contributed by atoms with Crippen LogP contribution < -0.4 is 5.32 Å². The largest absolute Gasteiger partial charge is 0.350 e. The normalized spacial score (nSPS) is 23.1. The van der Waals surface area contributed by atoms with E-state index in [0.717, 1.165) is 44.0 Å². The van der Waals surface area contributed by atoms with Crippen molar-refractivity contribution in [1.29, 1.82) is 0 Å². The summed E-state index contributed by atoms with van der Waals surface area (Å²) >= 11 is 0. The van der Waals surface area contributed by atoms with Crippen LogP contribution >= 0.6 is 0 Å². The van der Waals surface area contributed by atoms with Crippen molar-refractivity contribution in [2.24, 2.45) is 5.92 Å². The number of amides is 1. The minimum atomic E-state index is -0.267. The first kappa shape index (κ1) is 22.7. The molecule has 0 radical (unpaired) electrons. The predicted octanol–water partition coefficient (Wildman–Crippen LogP) is 5.70. The van der Waals surface area contributed by atoms with E-state index in [9.17, 15) is 9.18 Å². The van der Waals surface area contributed by atoms with Gasteiger partial charge in [-0.3, -0.25) is 9.69 Å². The van der Waals surface area contributed by atoms with E-state index < -0.39 is 0 Å². The highest BCUT2D eigenvalue weighted by atomic mass is 19.1. The molecule has 0 spiro atoms. The number of rotatable bonds is 6. The number of fused-ring (bicyclic) bond motifs is 1. The number of hydrogen-bond donors (Lipinski definition) is 1. The Bertz CT molecular complexity index is 942.